The zero-order valence-electron chi connectivity index (χ0n) is 10.6. The van der Waals surface area contributed by atoms with Gasteiger partial charge in [-0.3, -0.25) is 0 Å². The van der Waals surface area contributed by atoms with E-state index in [0.717, 1.165) is 17.0 Å². The lowest BCUT2D eigenvalue weighted by Gasteiger charge is -2.17. The number of aromatic nitrogens is 2. The van der Waals surface area contributed by atoms with Crippen molar-refractivity contribution in [3.63, 3.8) is 0 Å². The molecule has 0 spiro atoms. The van der Waals surface area contributed by atoms with Gasteiger partial charge in [0.05, 0.1) is 0 Å². The van der Waals surface area contributed by atoms with Gasteiger partial charge in [0, 0.05) is 45.0 Å². The molecule has 0 aromatic carbocycles. The van der Waals surface area contributed by atoms with E-state index in [9.17, 15) is 0 Å². The highest BCUT2D eigenvalue weighted by atomic mass is 16.7. The minimum absolute atomic E-state index is 0.610. The second-order valence-electron chi connectivity index (χ2n) is 4.66. The molecule has 94 valence electrons. The average Bonchev–Trinajstić information content (AvgIpc) is 2.90. The number of nitrogens with one attached hydrogen (secondary N) is 1. The predicted octanol–water partition coefficient (Wildman–Crippen LogP) is 2.46. The Hall–Kier alpha value is -2.17. The van der Waals surface area contributed by atoms with Gasteiger partial charge in [0.25, 0.3) is 0 Å². The SMILES string of the molecule is CNc1ccn2cc(C3=COC(C)(C)O3)nc2c1. The van der Waals surface area contributed by atoms with Crippen molar-refractivity contribution in [3.8, 4) is 0 Å². The molecule has 0 atom stereocenters. The van der Waals surface area contributed by atoms with Crippen molar-refractivity contribution in [1.82, 2.24) is 9.38 Å². The third-order valence-corrected chi connectivity index (χ3v) is 2.81. The fraction of sp³-hybridized carbons (Fsp3) is 0.308. The second-order valence-corrected chi connectivity index (χ2v) is 4.66. The fourth-order valence-electron chi connectivity index (χ4n) is 1.88. The molecule has 0 amide bonds. The standard InChI is InChI=1S/C13H15N3O2/c1-13(2)17-8-11(18-13)10-7-16-5-4-9(14-3)6-12(16)15-10/h4-8,14H,1-3H3. The summed E-state index contributed by atoms with van der Waals surface area (Å²) >= 11 is 0. The van der Waals surface area contributed by atoms with E-state index in [4.69, 9.17) is 9.47 Å². The van der Waals surface area contributed by atoms with Gasteiger partial charge >= 0.3 is 0 Å². The molecule has 5 nitrogen and oxygen atoms in total. The smallest absolute Gasteiger partial charge is 0.245 e. The Balaban J connectivity index is 1.99. The molecule has 2 aromatic heterocycles. The summed E-state index contributed by atoms with van der Waals surface area (Å²) in [4.78, 5) is 4.52. The summed E-state index contributed by atoms with van der Waals surface area (Å²) < 4.78 is 13.0. The molecular weight excluding hydrogens is 230 g/mol. The molecule has 2 aromatic rings. The van der Waals surface area contributed by atoms with E-state index in [1.165, 1.54) is 0 Å². The summed E-state index contributed by atoms with van der Waals surface area (Å²) in [5, 5.41) is 3.09. The number of imidazole rings is 1. The van der Waals surface area contributed by atoms with Gasteiger partial charge < -0.3 is 19.2 Å². The van der Waals surface area contributed by atoms with E-state index in [1.54, 1.807) is 6.26 Å². The average molecular weight is 245 g/mol. The van der Waals surface area contributed by atoms with Crippen molar-refractivity contribution in [3.05, 3.63) is 36.5 Å². The highest BCUT2D eigenvalue weighted by molar-refractivity contribution is 5.62. The minimum Gasteiger partial charge on any atom is -0.457 e. The Labute approximate surface area is 105 Å². The summed E-state index contributed by atoms with van der Waals surface area (Å²) in [5.41, 5.74) is 2.66. The third kappa shape index (κ3) is 1.77. The van der Waals surface area contributed by atoms with Crippen LogP contribution in [0, 0.1) is 0 Å². The highest BCUT2D eigenvalue weighted by Gasteiger charge is 2.29. The first-order valence-electron chi connectivity index (χ1n) is 5.81. The van der Waals surface area contributed by atoms with Gasteiger partial charge in [-0.15, -0.1) is 0 Å². The molecule has 0 bridgehead atoms. The number of hydrogen-bond acceptors (Lipinski definition) is 4. The van der Waals surface area contributed by atoms with Crippen molar-refractivity contribution in [2.75, 3.05) is 12.4 Å². The summed E-state index contributed by atoms with van der Waals surface area (Å²) in [7, 11) is 1.88. The molecule has 0 radical (unpaired) electrons. The van der Waals surface area contributed by atoms with Crippen LogP contribution >= 0.6 is 0 Å². The first-order chi connectivity index (χ1) is 8.57. The van der Waals surface area contributed by atoms with Gasteiger partial charge in [-0.05, 0) is 6.07 Å². The molecule has 0 aliphatic carbocycles. The van der Waals surface area contributed by atoms with Crippen LogP contribution in [0.5, 0.6) is 0 Å². The Morgan fingerprint density at radius 3 is 2.89 bits per heavy atom. The lowest BCUT2D eigenvalue weighted by Crippen LogP contribution is -2.19. The van der Waals surface area contributed by atoms with Crippen LogP contribution in [0.3, 0.4) is 0 Å². The van der Waals surface area contributed by atoms with Gasteiger partial charge in [-0.1, -0.05) is 0 Å². The van der Waals surface area contributed by atoms with Crippen molar-refractivity contribution < 1.29 is 9.47 Å². The summed E-state index contributed by atoms with van der Waals surface area (Å²) in [6.07, 6.45) is 5.49. The van der Waals surface area contributed by atoms with E-state index in [2.05, 4.69) is 10.3 Å². The van der Waals surface area contributed by atoms with Crippen molar-refractivity contribution in [1.29, 1.82) is 0 Å². The molecule has 0 unspecified atom stereocenters. The summed E-state index contributed by atoms with van der Waals surface area (Å²) in [6.45, 7) is 3.73. The number of ether oxygens (including phenoxy) is 2. The Morgan fingerprint density at radius 1 is 1.39 bits per heavy atom. The molecule has 18 heavy (non-hydrogen) atoms. The highest BCUT2D eigenvalue weighted by Crippen LogP contribution is 2.30. The van der Waals surface area contributed by atoms with Crippen LogP contribution < -0.4 is 5.32 Å². The van der Waals surface area contributed by atoms with Gasteiger partial charge in [-0.25, -0.2) is 4.98 Å². The number of pyridine rings is 1. The van der Waals surface area contributed by atoms with Crippen LogP contribution in [-0.4, -0.2) is 22.2 Å². The Bertz CT molecular complexity index is 628. The van der Waals surface area contributed by atoms with E-state index >= 15 is 0 Å². The fourth-order valence-corrected chi connectivity index (χ4v) is 1.88. The van der Waals surface area contributed by atoms with Crippen LogP contribution in [0.1, 0.15) is 19.5 Å². The predicted molar refractivity (Wildman–Crippen MR) is 69.0 cm³/mol. The molecule has 5 heteroatoms. The number of anilines is 1. The maximum atomic E-state index is 5.67. The topological polar surface area (TPSA) is 47.8 Å². The maximum absolute atomic E-state index is 5.67. The number of hydrogen-bond donors (Lipinski definition) is 1. The molecule has 3 rings (SSSR count). The molecule has 3 heterocycles. The van der Waals surface area contributed by atoms with Gasteiger partial charge in [0.2, 0.25) is 5.79 Å². The monoisotopic (exact) mass is 245 g/mol. The molecular formula is C13H15N3O2. The second kappa shape index (κ2) is 3.66. The van der Waals surface area contributed by atoms with E-state index in [1.807, 2.05) is 49.8 Å². The summed E-state index contributed by atoms with van der Waals surface area (Å²) in [6, 6.07) is 3.97. The molecule has 1 aliphatic rings. The van der Waals surface area contributed by atoms with Crippen molar-refractivity contribution in [2.45, 2.75) is 19.6 Å². The number of rotatable bonds is 2. The molecule has 0 saturated heterocycles. The maximum Gasteiger partial charge on any atom is 0.245 e. The number of nitrogens with zero attached hydrogens (tertiary/aromatic N) is 2. The van der Waals surface area contributed by atoms with E-state index < -0.39 is 5.79 Å². The zero-order chi connectivity index (χ0) is 12.8. The lowest BCUT2D eigenvalue weighted by atomic mass is 10.4. The Morgan fingerprint density at radius 2 is 2.22 bits per heavy atom. The molecule has 1 aliphatic heterocycles. The zero-order valence-corrected chi connectivity index (χ0v) is 10.6. The van der Waals surface area contributed by atoms with Crippen LogP contribution in [0.25, 0.3) is 11.4 Å². The largest absolute Gasteiger partial charge is 0.457 e. The molecule has 0 saturated carbocycles. The first kappa shape index (κ1) is 11.0. The summed E-state index contributed by atoms with van der Waals surface area (Å²) in [5.74, 6) is 0.0519. The van der Waals surface area contributed by atoms with E-state index in [-0.39, 0.29) is 0 Å². The van der Waals surface area contributed by atoms with Crippen molar-refractivity contribution >= 4 is 17.1 Å². The van der Waals surface area contributed by atoms with Crippen LogP contribution in [0.2, 0.25) is 0 Å². The molecule has 0 fully saturated rings. The normalized spacial score (nSPS) is 17.2. The van der Waals surface area contributed by atoms with Crippen LogP contribution in [0.15, 0.2) is 30.8 Å². The number of fused-ring (bicyclic) bond motifs is 1. The quantitative estimate of drug-likeness (QED) is 0.883. The van der Waals surface area contributed by atoms with Crippen LogP contribution in [-0.2, 0) is 9.47 Å². The van der Waals surface area contributed by atoms with E-state index in [0.29, 0.717) is 5.76 Å². The van der Waals surface area contributed by atoms with Gasteiger partial charge in [-0.2, -0.15) is 0 Å². The lowest BCUT2D eigenvalue weighted by molar-refractivity contribution is -0.102. The Kier molecular flexibility index (Phi) is 2.23. The van der Waals surface area contributed by atoms with Gasteiger partial charge in [0.15, 0.2) is 5.76 Å². The van der Waals surface area contributed by atoms with Gasteiger partial charge in [0.1, 0.15) is 17.6 Å². The third-order valence-electron chi connectivity index (χ3n) is 2.81. The van der Waals surface area contributed by atoms with Crippen LogP contribution in [0.4, 0.5) is 5.69 Å². The van der Waals surface area contributed by atoms with Crippen molar-refractivity contribution in [2.24, 2.45) is 0 Å². The minimum atomic E-state index is -0.610. The molecule has 1 N–H and O–H groups in total. The first-order valence-corrected chi connectivity index (χ1v) is 5.81.